The molecule has 0 aromatic rings. The average Bonchev–Trinajstić information content (AvgIpc) is 2.15. The van der Waals surface area contributed by atoms with Gasteiger partial charge in [-0.2, -0.15) is 0 Å². The first kappa shape index (κ1) is 12.8. The topological polar surface area (TPSA) is 69.7 Å². The van der Waals surface area contributed by atoms with Crippen LogP contribution in [0.1, 0.15) is 19.8 Å². The van der Waals surface area contributed by atoms with Gasteiger partial charge < -0.3 is 14.3 Å². The van der Waals surface area contributed by atoms with Crippen LogP contribution >= 0.6 is 0 Å². The Morgan fingerprint density at radius 2 is 2.07 bits per heavy atom. The van der Waals surface area contributed by atoms with E-state index in [2.05, 4.69) is 4.74 Å². The van der Waals surface area contributed by atoms with Gasteiger partial charge in [0.25, 0.3) is 0 Å². The fourth-order valence-electron chi connectivity index (χ4n) is 0.875. The second-order valence-corrected chi connectivity index (χ2v) is 2.76. The van der Waals surface area contributed by atoms with Gasteiger partial charge >= 0.3 is 5.97 Å². The second kappa shape index (κ2) is 7.20. The molecule has 0 aliphatic rings. The molecule has 0 bridgehead atoms. The van der Waals surface area contributed by atoms with Crippen molar-refractivity contribution >= 4 is 18.0 Å². The minimum absolute atomic E-state index is 0.0183. The molecule has 0 aliphatic heterocycles. The second-order valence-electron chi connectivity index (χ2n) is 2.76. The number of carbonyl (C=O) groups excluding carboxylic acids is 3. The van der Waals surface area contributed by atoms with Crippen molar-refractivity contribution in [3.05, 3.63) is 0 Å². The zero-order valence-electron chi connectivity index (χ0n) is 8.32. The standard InChI is InChI=1S/C9H14O5/c1-7(11)3-4-8(13-2)9(12)14-6-5-10/h5,8H,3-4,6H2,1-2H3. The Morgan fingerprint density at radius 3 is 2.50 bits per heavy atom. The van der Waals surface area contributed by atoms with Gasteiger partial charge in [0.2, 0.25) is 0 Å². The van der Waals surface area contributed by atoms with Crippen LogP contribution in [0.5, 0.6) is 0 Å². The summed E-state index contributed by atoms with van der Waals surface area (Å²) in [6.07, 6.45) is 0.257. The van der Waals surface area contributed by atoms with Gasteiger partial charge in [0.05, 0.1) is 0 Å². The number of carbonyl (C=O) groups is 3. The SMILES string of the molecule is COC(CCC(C)=O)C(=O)OCC=O. The van der Waals surface area contributed by atoms with E-state index < -0.39 is 12.1 Å². The van der Waals surface area contributed by atoms with Crippen molar-refractivity contribution in [2.75, 3.05) is 13.7 Å². The van der Waals surface area contributed by atoms with Crippen LogP contribution in [0.3, 0.4) is 0 Å². The summed E-state index contributed by atoms with van der Waals surface area (Å²) in [5.74, 6) is -0.629. The monoisotopic (exact) mass is 202 g/mol. The first-order chi connectivity index (χ1) is 6.61. The molecule has 80 valence electrons. The summed E-state index contributed by atoms with van der Waals surface area (Å²) in [6.45, 7) is 1.15. The molecule has 5 heteroatoms. The van der Waals surface area contributed by atoms with Gasteiger partial charge in [0.15, 0.2) is 12.4 Å². The van der Waals surface area contributed by atoms with Gasteiger partial charge in [0, 0.05) is 13.5 Å². The molecular weight excluding hydrogens is 188 g/mol. The fourth-order valence-corrected chi connectivity index (χ4v) is 0.875. The summed E-state index contributed by atoms with van der Waals surface area (Å²) in [5, 5.41) is 0. The number of Topliss-reactive ketones (excluding diaryl/α,β-unsaturated/α-hetero) is 1. The maximum absolute atomic E-state index is 11.1. The van der Waals surface area contributed by atoms with E-state index in [0.29, 0.717) is 6.29 Å². The molecule has 0 saturated carbocycles. The van der Waals surface area contributed by atoms with Crippen molar-refractivity contribution in [2.45, 2.75) is 25.9 Å². The average molecular weight is 202 g/mol. The number of aldehydes is 1. The predicted molar refractivity (Wildman–Crippen MR) is 47.7 cm³/mol. The third-order valence-electron chi connectivity index (χ3n) is 1.60. The van der Waals surface area contributed by atoms with E-state index >= 15 is 0 Å². The molecular formula is C9H14O5. The summed E-state index contributed by atoms with van der Waals surface area (Å²) in [6, 6.07) is 0. The van der Waals surface area contributed by atoms with E-state index in [1.54, 1.807) is 0 Å². The van der Waals surface area contributed by atoms with Gasteiger partial charge in [-0.05, 0) is 13.3 Å². The minimum atomic E-state index is -0.765. The highest BCUT2D eigenvalue weighted by Gasteiger charge is 2.19. The first-order valence-electron chi connectivity index (χ1n) is 4.24. The van der Waals surface area contributed by atoms with Crippen LogP contribution in [0, 0.1) is 0 Å². The molecule has 14 heavy (non-hydrogen) atoms. The summed E-state index contributed by atoms with van der Waals surface area (Å²) < 4.78 is 9.35. The number of ether oxygens (including phenoxy) is 2. The summed E-state index contributed by atoms with van der Waals surface area (Å²) in [5.41, 5.74) is 0. The number of methoxy groups -OCH3 is 1. The molecule has 5 nitrogen and oxygen atoms in total. The lowest BCUT2D eigenvalue weighted by molar-refractivity contribution is -0.157. The molecule has 0 amide bonds. The third kappa shape index (κ3) is 5.42. The number of esters is 1. The molecule has 0 spiro atoms. The lowest BCUT2D eigenvalue weighted by atomic mass is 10.1. The molecule has 0 aliphatic carbocycles. The van der Waals surface area contributed by atoms with Crippen LogP contribution < -0.4 is 0 Å². The normalized spacial score (nSPS) is 11.9. The highest BCUT2D eigenvalue weighted by Crippen LogP contribution is 2.04. The van der Waals surface area contributed by atoms with Crippen molar-refractivity contribution in [1.29, 1.82) is 0 Å². The van der Waals surface area contributed by atoms with Crippen molar-refractivity contribution in [1.82, 2.24) is 0 Å². The Kier molecular flexibility index (Phi) is 6.57. The molecule has 0 aromatic carbocycles. The summed E-state index contributed by atoms with van der Waals surface area (Å²) >= 11 is 0. The van der Waals surface area contributed by atoms with Gasteiger partial charge in [-0.3, -0.25) is 4.79 Å². The molecule has 0 rings (SSSR count). The smallest absolute Gasteiger partial charge is 0.335 e. The number of hydrogen-bond donors (Lipinski definition) is 0. The predicted octanol–water partition coefficient (Wildman–Crippen LogP) is 0.113. The summed E-state index contributed by atoms with van der Waals surface area (Å²) in [7, 11) is 1.35. The van der Waals surface area contributed by atoms with E-state index in [-0.39, 0.29) is 25.2 Å². The number of rotatable bonds is 7. The van der Waals surface area contributed by atoms with E-state index in [0.717, 1.165) is 0 Å². The van der Waals surface area contributed by atoms with Gasteiger partial charge in [0.1, 0.15) is 12.4 Å². The van der Waals surface area contributed by atoms with E-state index in [9.17, 15) is 14.4 Å². The molecule has 0 saturated heterocycles. The van der Waals surface area contributed by atoms with Gasteiger partial charge in [-0.25, -0.2) is 4.79 Å². The number of hydrogen-bond acceptors (Lipinski definition) is 5. The van der Waals surface area contributed by atoms with Crippen molar-refractivity contribution in [3.8, 4) is 0 Å². The van der Waals surface area contributed by atoms with Crippen molar-refractivity contribution in [3.63, 3.8) is 0 Å². The van der Waals surface area contributed by atoms with Crippen molar-refractivity contribution in [2.24, 2.45) is 0 Å². The van der Waals surface area contributed by atoms with E-state index in [1.165, 1.54) is 14.0 Å². The molecule has 0 radical (unpaired) electrons. The molecule has 0 fully saturated rings. The molecule has 0 aromatic heterocycles. The third-order valence-corrected chi connectivity index (χ3v) is 1.60. The molecule has 1 atom stereocenters. The largest absolute Gasteiger partial charge is 0.456 e. The Balaban J connectivity index is 3.92. The van der Waals surface area contributed by atoms with Crippen LogP contribution in [0.2, 0.25) is 0 Å². The van der Waals surface area contributed by atoms with Crippen LogP contribution in [0.15, 0.2) is 0 Å². The van der Waals surface area contributed by atoms with Crippen LogP contribution in [-0.2, 0) is 23.9 Å². The Hall–Kier alpha value is -1.23. The van der Waals surface area contributed by atoms with Crippen LogP contribution in [0.4, 0.5) is 0 Å². The number of ketones is 1. The lowest BCUT2D eigenvalue weighted by Crippen LogP contribution is -2.26. The molecule has 0 heterocycles. The highest BCUT2D eigenvalue weighted by atomic mass is 16.6. The van der Waals surface area contributed by atoms with E-state index in [1.807, 2.05) is 0 Å². The van der Waals surface area contributed by atoms with Crippen LogP contribution in [0.25, 0.3) is 0 Å². The minimum Gasteiger partial charge on any atom is -0.456 e. The Labute approximate surface area is 82.4 Å². The maximum atomic E-state index is 11.1. The molecule has 1 unspecified atom stereocenters. The maximum Gasteiger partial charge on any atom is 0.335 e. The highest BCUT2D eigenvalue weighted by molar-refractivity contribution is 5.79. The zero-order valence-corrected chi connectivity index (χ0v) is 8.32. The lowest BCUT2D eigenvalue weighted by Gasteiger charge is -2.12. The first-order valence-corrected chi connectivity index (χ1v) is 4.24. The zero-order chi connectivity index (χ0) is 11.0. The Bertz CT molecular complexity index is 211. The summed E-state index contributed by atoms with van der Waals surface area (Å²) in [4.78, 5) is 31.7. The van der Waals surface area contributed by atoms with Crippen molar-refractivity contribution < 1.29 is 23.9 Å². The van der Waals surface area contributed by atoms with Gasteiger partial charge in [-0.1, -0.05) is 0 Å². The molecule has 0 N–H and O–H groups in total. The Morgan fingerprint density at radius 1 is 1.43 bits per heavy atom. The quantitative estimate of drug-likeness (QED) is 0.433. The fraction of sp³-hybridized carbons (Fsp3) is 0.667. The van der Waals surface area contributed by atoms with Crippen LogP contribution in [-0.4, -0.2) is 37.9 Å². The van der Waals surface area contributed by atoms with E-state index in [4.69, 9.17) is 4.74 Å². The van der Waals surface area contributed by atoms with Gasteiger partial charge in [-0.15, -0.1) is 0 Å².